The van der Waals surface area contributed by atoms with Crippen molar-refractivity contribution in [3.63, 3.8) is 0 Å². The Hall–Kier alpha value is -1.11. The molecule has 0 saturated carbocycles. The molecule has 86 valence electrons. The van der Waals surface area contributed by atoms with Crippen LogP contribution in [0.5, 0.6) is 0 Å². The molecule has 1 aromatic rings. The predicted octanol–water partition coefficient (Wildman–Crippen LogP) is 5.25. The Morgan fingerprint density at radius 2 is 1.40 bits per heavy atom. The SMILES string of the molecule is F/C(=C\S(F)(F)(F)(F)F)c1ccccc1. The number of rotatable bonds is 2. The van der Waals surface area contributed by atoms with Crippen LogP contribution in [-0.2, 0) is 0 Å². The average Bonchev–Trinajstić information content (AvgIpc) is 2.00. The average molecular weight is 248 g/mol. The number of halogens is 6. The summed E-state index contributed by atoms with van der Waals surface area (Å²) in [5.41, 5.74) is -0.536. The lowest BCUT2D eigenvalue weighted by atomic mass is 10.2. The zero-order chi connectivity index (χ0) is 11.8. The van der Waals surface area contributed by atoms with Gasteiger partial charge in [-0.2, -0.15) is 0 Å². The molecule has 0 unspecified atom stereocenters. The van der Waals surface area contributed by atoms with Gasteiger partial charge in [0.1, 0.15) is 11.2 Å². The summed E-state index contributed by atoms with van der Waals surface area (Å²) in [5, 5.41) is -1.53. The summed E-state index contributed by atoms with van der Waals surface area (Å²) < 4.78 is 72.0. The van der Waals surface area contributed by atoms with Gasteiger partial charge in [-0.15, -0.1) is 0 Å². The molecule has 1 aromatic carbocycles. The Balaban J connectivity index is 3.18. The molecule has 0 atom stereocenters. The van der Waals surface area contributed by atoms with Crippen LogP contribution in [0, 0.1) is 0 Å². The molecule has 0 aliphatic carbocycles. The second-order valence-corrected chi connectivity index (χ2v) is 5.15. The molecule has 0 saturated heterocycles. The standard InChI is InChI=1S/C8H6F6S/c9-8(6-15(10,11,12,13)14)7-4-2-1-3-5-7/h1-6H/b8-6-. The molecule has 1 rings (SSSR count). The smallest absolute Gasteiger partial charge is 0.205 e. The lowest BCUT2D eigenvalue weighted by Gasteiger charge is -2.36. The van der Waals surface area contributed by atoms with Gasteiger partial charge in [0.25, 0.3) is 0 Å². The highest BCUT2D eigenvalue weighted by molar-refractivity contribution is 8.48. The molecule has 7 heteroatoms. The second kappa shape index (κ2) is 2.72. The summed E-state index contributed by atoms with van der Waals surface area (Å²) in [6.07, 6.45) is 0. The Labute approximate surface area is 81.9 Å². The maximum atomic E-state index is 12.8. The molecule has 0 radical (unpaired) electrons. The molecule has 0 fully saturated rings. The monoisotopic (exact) mass is 248 g/mol. The Morgan fingerprint density at radius 1 is 0.933 bits per heavy atom. The topological polar surface area (TPSA) is 0 Å². The van der Waals surface area contributed by atoms with E-state index in [9.17, 15) is 23.8 Å². The van der Waals surface area contributed by atoms with Crippen molar-refractivity contribution in [3.8, 4) is 0 Å². The summed E-state index contributed by atoms with van der Waals surface area (Å²) in [7, 11) is -9.83. The van der Waals surface area contributed by atoms with Crippen LogP contribution < -0.4 is 0 Å². The van der Waals surface area contributed by atoms with E-state index < -0.39 is 27.0 Å². The van der Waals surface area contributed by atoms with E-state index in [0.717, 1.165) is 12.1 Å². The van der Waals surface area contributed by atoms with Gasteiger partial charge in [-0.1, -0.05) is 49.8 Å². The van der Waals surface area contributed by atoms with Crippen molar-refractivity contribution in [1.82, 2.24) is 0 Å². The van der Waals surface area contributed by atoms with E-state index in [4.69, 9.17) is 0 Å². The summed E-state index contributed by atoms with van der Waals surface area (Å²) >= 11 is 0. The van der Waals surface area contributed by atoms with Gasteiger partial charge < -0.3 is 0 Å². The van der Waals surface area contributed by atoms with E-state index in [-0.39, 0.29) is 0 Å². The van der Waals surface area contributed by atoms with Gasteiger partial charge >= 0.3 is 10.2 Å². The maximum absolute atomic E-state index is 12.8. The summed E-state index contributed by atoms with van der Waals surface area (Å²) in [4.78, 5) is 0. The number of hydrogen-bond acceptors (Lipinski definition) is 0. The molecular formula is C8H6F6S. The minimum Gasteiger partial charge on any atom is -0.205 e. The number of benzene rings is 1. The third kappa shape index (κ3) is 4.78. The van der Waals surface area contributed by atoms with Crippen LogP contribution in [0.4, 0.5) is 23.8 Å². The van der Waals surface area contributed by atoms with E-state index in [1.54, 1.807) is 0 Å². The minimum absolute atomic E-state index is 0.536. The summed E-state index contributed by atoms with van der Waals surface area (Å²) in [5.74, 6) is -1.99. The molecule has 0 N–H and O–H groups in total. The summed E-state index contributed by atoms with van der Waals surface area (Å²) in [6, 6.07) is 5.85. The first-order valence-corrected chi connectivity index (χ1v) is 5.66. The fraction of sp³-hybridized carbons (Fsp3) is 0. The molecular weight excluding hydrogens is 242 g/mol. The van der Waals surface area contributed by atoms with Crippen molar-refractivity contribution in [2.24, 2.45) is 0 Å². The highest BCUT2D eigenvalue weighted by atomic mass is 32.5. The van der Waals surface area contributed by atoms with Crippen molar-refractivity contribution in [2.45, 2.75) is 0 Å². The lowest BCUT2D eigenvalue weighted by Crippen LogP contribution is -2.00. The van der Waals surface area contributed by atoms with Crippen molar-refractivity contribution >= 4 is 16.1 Å². The van der Waals surface area contributed by atoms with E-state index >= 15 is 0 Å². The van der Waals surface area contributed by atoms with Crippen LogP contribution >= 0.6 is 10.2 Å². The highest BCUT2D eigenvalue weighted by Crippen LogP contribution is 2.99. The molecule has 0 aliphatic rings. The zero-order valence-corrected chi connectivity index (χ0v) is 7.96. The molecule has 0 aliphatic heterocycles. The highest BCUT2D eigenvalue weighted by Gasteiger charge is 2.61. The van der Waals surface area contributed by atoms with Crippen molar-refractivity contribution in [1.29, 1.82) is 0 Å². The third-order valence-corrected chi connectivity index (χ3v) is 2.03. The van der Waals surface area contributed by atoms with Crippen LogP contribution in [0.1, 0.15) is 5.56 Å². The molecule has 0 bridgehead atoms. The van der Waals surface area contributed by atoms with Crippen LogP contribution in [0.2, 0.25) is 0 Å². The molecule has 15 heavy (non-hydrogen) atoms. The van der Waals surface area contributed by atoms with Gasteiger partial charge in [-0.25, -0.2) is 4.39 Å². The van der Waals surface area contributed by atoms with Crippen LogP contribution in [0.3, 0.4) is 0 Å². The molecule has 0 nitrogen and oxygen atoms in total. The van der Waals surface area contributed by atoms with E-state index in [0.29, 0.717) is 0 Å². The van der Waals surface area contributed by atoms with Crippen LogP contribution in [0.15, 0.2) is 35.7 Å². The van der Waals surface area contributed by atoms with Crippen molar-refractivity contribution < 1.29 is 23.8 Å². The molecule has 0 amide bonds. The Bertz CT molecular complexity index is 389. The van der Waals surface area contributed by atoms with Crippen LogP contribution in [0.25, 0.3) is 5.83 Å². The maximum Gasteiger partial charge on any atom is 0.307 e. The van der Waals surface area contributed by atoms with Gasteiger partial charge in [0.2, 0.25) is 0 Å². The van der Waals surface area contributed by atoms with Gasteiger partial charge in [0.15, 0.2) is 0 Å². The summed E-state index contributed by atoms with van der Waals surface area (Å²) in [6.45, 7) is 0. The third-order valence-electron chi connectivity index (χ3n) is 1.38. The van der Waals surface area contributed by atoms with E-state index in [2.05, 4.69) is 0 Å². The second-order valence-electron chi connectivity index (χ2n) is 2.86. The van der Waals surface area contributed by atoms with Gasteiger partial charge in [0, 0.05) is 5.56 Å². The Kier molecular flexibility index (Phi) is 2.17. The normalized spacial score (nSPS) is 18.1. The number of hydrogen-bond donors (Lipinski definition) is 0. The molecule has 0 aromatic heterocycles. The van der Waals surface area contributed by atoms with Crippen LogP contribution in [-0.4, -0.2) is 0 Å². The minimum atomic E-state index is -9.83. The molecule has 0 heterocycles. The van der Waals surface area contributed by atoms with E-state index in [1.807, 2.05) is 0 Å². The first kappa shape index (κ1) is 12.0. The van der Waals surface area contributed by atoms with Gasteiger partial charge in [0.05, 0.1) is 0 Å². The molecule has 0 spiro atoms. The van der Waals surface area contributed by atoms with E-state index in [1.165, 1.54) is 18.2 Å². The quantitative estimate of drug-likeness (QED) is 0.627. The van der Waals surface area contributed by atoms with Crippen molar-refractivity contribution in [3.05, 3.63) is 41.3 Å². The Morgan fingerprint density at radius 3 is 1.80 bits per heavy atom. The van der Waals surface area contributed by atoms with Crippen molar-refractivity contribution in [2.75, 3.05) is 0 Å². The van der Waals surface area contributed by atoms with Gasteiger partial charge in [-0.3, -0.25) is 0 Å². The fourth-order valence-corrected chi connectivity index (χ4v) is 1.39. The first-order valence-electron chi connectivity index (χ1n) is 3.65. The largest absolute Gasteiger partial charge is 0.307 e. The van der Waals surface area contributed by atoms with Gasteiger partial charge in [-0.05, 0) is 0 Å². The predicted molar refractivity (Wildman–Crippen MR) is 48.7 cm³/mol. The fourth-order valence-electron chi connectivity index (χ4n) is 0.861. The first-order chi connectivity index (χ1) is 6.47. The lowest BCUT2D eigenvalue weighted by molar-refractivity contribution is 0.384. The zero-order valence-electron chi connectivity index (χ0n) is 7.14.